The molecule has 0 aliphatic carbocycles. The van der Waals surface area contributed by atoms with Crippen LogP contribution in [0.4, 0.5) is 0 Å². The Bertz CT molecular complexity index is 575. The summed E-state index contributed by atoms with van der Waals surface area (Å²) in [5.74, 6) is -0.170. The van der Waals surface area contributed by atoms with Gasteiger partial charge in [0.2, 0.25) is 5.76 Å². The van der Waals surface area contributed by atoms with Crippen LogP contribution in [0.3, 0.4) is 0 Å². The Morgan fingerprint density at radius 3 is 2.74 bits per heavy atom. The molecular weight excluding hydrogens is 270 g/mol. The summed E-state index contributed by atoms with van der Waals surface area (Å²) in [6.45, 7) is 3.83. The predicted octanol–water partition coefficient (Wildman–Crippen LogP) is 1.32. The first kappa shape index (κ1) is 14.0. The summed E-state index contributed by atoms with van der Waals surface area (Å²) in [5.41, 5.74) is 0.526. The molecule has 19 heavy (non-hydrogen) atoms. The lowest BCUT2D eigenvalue weighted by Crippen LogP contribution is -2.06. The molecule has 1 aliphatic rings. The first-order valence-electron chi connectivity index (χ1n) is 6.34. The summed E-state index contributed by atoms with van der Waals surface area (Å²) in [6.07, 6.45) is 1.03. The van der Waals surface area contributed by atoms with E-state index in [1.165, 1.54) is 0 Å². The molecular formula is C12H17NO5S. The average molecular weight is 287 g/mol. The van der Waals surface area contributed by atoms with Gasteiger partial charge in [0.15, 0.2) is 15.7 Å². The van der Waals surface area contributed by atoms with E-state index in [-0.39, 0.29) is 29.8 Å². The van der Waals surface area contributed by atoms with E-state index >= 15 is 0 Å². The number of nitrogens with zero attached hydrogens (tertiary/aromatic N) is 1. The molecule has 0 radical (unpaired) electrons. The normalized spacial score (nSPS) is 21.5. The Morgan fingerprint density at radius 1 is 1.47 bits per heavy atom. The number of aryl methyl sites for hydroxylation is 1. The third-order valence-electron chi connectivity index (χ3n) is 3.09. The number of carbonyl (C=O) groups excluding carboxylic acids is 1. The Labute approximate surface area is 112 Å². The summed E-state index contributed by atoms with van der Waals surface area (Å²) >= 11 is 0. The number of rotatable bonds is 4. The van der Waals surface area contributed by atoms with E-state index < -0.39 is 15.8 Å². The van der Waals surface area contributed by atoms with Crippen LogP contribution in [0.15, 0.2) is 4.42 Å². The number of sulfone groups is 1. The molecule has 0 N–H and O–H groups in total. The molecule has 1 atom stereocenters. The molecule has 1 aromatic heterocycles. The van der Waals surface area contributed by atoms with Crippen molar-refractivity contribution < 1.29 is 22.4 Å². The van der Waals surface area contributed by atoms with E-state index in [1.807, 2.05) is 6.92 Å². The molecule has 1 aromatic rings. The summed E-state index contributed by atoms with van der Waals surface area (Å²) in [5, 5.41) is 0. The van der Waals surface area contributed by atoms with Crippen molar-refractivity contribution in [3.8, 4) is 0 Å². The van der Waals surface area contributed by atoms with Gasteiger partial charge in [-0.15, -0.1) is 0 Å². The van der Waals surface area contributed by atoms with Crippen molar-refractivity contribution in [3.63, 3.8) is 0 Å². The smallest absolute Gasteiger partial charge is 0.376 e. The maximum Gasteiger partial charge on any atom is 0.376 e. The van der Waals surface area contributed by atoms with Crippen LogP contribution >= 0.6 is 0 Å². The molecule has 0 saturated carbocycles. The zero-order chi connectivity index (χ0) is 14.0. The quantitative estimate of drug-likeness (QED) is 0.776. The van der Waals surface area contributed by atoms with Crippen LogP contribution in [-0.4, -0.2) is 37.5 Å². The number of carbonyl (C=O) groups is 1. The van der Waals surface area contributed by atoms with E-state index in [2.05, 4.69) is 4.98 Å². The molecule has 1 saturated heterocycles. The van der Waals surface area contributed by atoms with E-state index in [4.69, 9.17) is 9.15 Å². The van der Waals surface area contributed by atoms with Gasteiger partial charge in [-0.2, -0.15) is 0 Å². The van der Waals surface area contributed by atoms with Crippen LogP contribution in [0, 0.1) is 0 Å². The third kappa shape index (κ3) is 2.97. The molecule has 6 nitrogen and oxygen atoms in total. The standard InChI is InChI=1S/C12H17NO5S/c1-3-9-10(12(14)17-4-2)18-11(13-9)8-5-6-19(15,16)7-8/h8H,3-7H2,1-2H3. The lowest BCUT2D eigenvalue weighted by Gasteiger charge is -2.00. The second kappa shape index (κ2) is 5.32. The molecule has 1 unspecified atom stereocenters. The lowest BCUT2D eigenvalue weighted by molar-refractivity contribution is 0.0486. The molecule has 1 fully saturated rings. The van der Waals surface area contributed by atoms with Crippen molar-refractivity contribution in [1.82, 2.24) is 4.98 Å². The number of esters is 1. The summed E-state index contributed by atoms with van der Waals surface area (Å²) in [7, 11) is -3.00. The molecule has 0 bridgehead atoms. The molecule has 106 valence electrons. The van der Waals surface area contributed by atoms with Crippen LogP contribution in [0.2, 0.25) is 0 Å². The SMILES string of the molecule is CCOC(=O)c1oc(C2CCS(=O)(=O)C2)nc1CC. The highest BCUT2D eigenvalue weighted by molar-refractivity contribution is 7.91. The van der Waals surface area contributed by atoms with Crippen molar-refractivity contribution >= 4 is 15.8 Å². The van der Waals surface area contributed by atoms with Gasteiger partial charge >= 0.3 is 5.97 Å². The van der Waals surface area contributed by atoms with Crippen molar-refractivity contribution in [3.05, 3.63) is 17.3 Å². The number of hydrogen-bond donors (Lipinski definition) is 0. The Balaban J connectivity index is 2.26. The molecule has 0 spiro atoms. The maximum atomic E-state index is 11.7. The number of oxazole rings is 1. The molecule has 2 heterocycles. The Hall–Kier alpha value is -1.37. The number of aromatic nitrogens is 1. The lowest BCUT2D eigenvalue weighted by atomic mass is 10.1. The monoisotopic (exact) mass is 287 g/mol. The van der Waals surface area contributed by atoms with Gasteiger partial charge < -0.3 is 9.15 Å². The molecule has 0 amide bonds. The first-order chi connectivity index (χ1) is 8.96. The van der Waals surface area contributed by atoms with Crippen molar-refractivity contribution in [2.45, 2.75) is 32.6 Å². The Kier molecular flexibility index (Phi) is 3.93. The summed E-state index contributed by atoms with van der Waals surface area (Å²) in [4.78, 5) is 16.0. The van der Waals surface area contributed by atoms with Gasteiger partial charge in [-0.1, -0.05) is 6.92 Å². The highest BCUT2D eigenvalue weighted by atomic mass is 32.2. The summed E-state index contributed by atoms with van der Waals surface area (Å²) in [6, 6.07) is 0. The summed E-state index contributed by atoms with van der Waals surface area (Å²) < 4.78 is 33.2. The molecule has 7 heteroatoms. The average Bonchev–Trinajstić information content (AvgIpc) is 2.92. The van der Waals surface area contributed by atoms with Gasteiger partial charge in [-0.25, -0.2) is 18.2 Å². The van der Waals surface area contributed by atoms with Crippen LogP contribution in [0.1, 0.15) is 48.3 Å². The largest absolute Gasteiger partial charge is 0.460 e. The van der Waals surface area contributed by atoms with Crippen LogP contribution in [-0.2, 0) is 21.0 Å². The first-order valence-corrected chi connectivity index (χ1v) is 8.16. The van der Waals surface area contributed by atoms with Gasteiger partial charge in [0, 0.05) is 0 Å². The Morgan fingerprint density at radius 2 is 2.21 bits per heavy atom. The second-order valence-electron chi connectivity index (χ2n) is 4.50. The minimum Gasteiger partial charge on any atom is -0.460 e. The number of ether oxygens (including phenoxy) is 1. The van der Waals surface area contributed by atoms with Crippen molar-refractivity contribution in [1.29, 1.82) is 0 Å². The minimum absolute atomic E-state index is 0.0406. The highest BCUT2D eigenvalue weighted by Crippen LogP contribution is 2.30. The van der Waals surface area contributed by atoms with Crippen LogP contribution in [0.5, 0.6) is 0 Å². The maximum absolute atomic E-state index is 11.7. The zero-order valence-corrected chi connectivity index (χ0v) is 11.8. The van der Waals surface area contributed by atoms with E-state index in [9.17, 15) is 13.2 Å². The topological polar surface area (TPSA) is 86.5 Å². The number of hydrogen-bond acceptors (Lipinski definition) is 6. The fraction of sp³-hybridized carbons (Fsp3) is 0.667. The van der Waals surface area contributed by atoms with Crippen molar-refractivity contribution in [2.75, 3.05) is 18.1 Å². The third-order valence-corrected chi connectivity index (χ3v) is 4.86. The predicted molar refractivity (Wildman–Crippen MR) is 67.8 cm³/mol. The van der Waals surface area contributed by atoms with Crippen molar-refractivity contribution in [2.24, 2.45) is 0 Å². The zero-order valence-electron chi connectivity index (χ0n) is 11.0. The van der Waals surface area contributed by atoms with Gasteiger partial charge in [0.05, 0.1) is 29.7 Å². The van der Waals surface area contributed by atoms with Gasteiger partial charge in [0.25, 0.3) is 0 Å². The molecule has 0 aromatic carbocycles. The van der Waals surface area contributed by atoms with E-state index in [0.29, 0.717) is 24.4 Å². The van der Waals surface area contributed by atoms with Gasteiger partial charge in [-0.3, -0.25) is 0 Å². The molecule has 2 rings (SSSR count). The minimum atomic E-state index is -3.00. The fourth-order valence-electron chi connectivity index (χ4n) is 2.13. The fourth-order valence-corrected chi connectivity index (χ4v) is 3.86. The molecule has 1 aliphatic heterocycles. The van der Waals surface area contributed by atoms with Gasteiger partial charge in [0.1, 0.15) is 0 Å². The van der Waals surface area contributed by atoms with E-state index in [0.717, 1.165) is 0 Å². The van der Waals surface area contributed by atoms with E-state index in [1.54, 1.807) is 6.92 Å². The highest BCUT2D eigenvalue weighted by Gasteiger charge is 2.34. The van der Waals surface area contributed by atoms with Gasteiger partial charge in [-0.05, 0) is 19.8 Å². The second-order valence-corrected chi connectivity index (χ2v) is 6.73. The van der Waals surface area contributed by atoms with Crippen LogP contribution in [0.25, 0.3) is 0 Å². The van der Waals surface area contributed by atoms with Crippen LogP contribution < -0.4 is 0 Å².